The van der Waals surface area contributed by atoms with Gasteiger partial charge in [-0.15, -0.1) is 6.58 Å². The van der Waals surface area contributed by atoms with Crippen molar-refractivity contribution in [1.29, 1.82) is 0 Å². The Balaban J connectivity index is 2.23. The van der Waals surface area contributed by atoms with Gasteiger partial charge in [-0.05, 0) is 37.5 Å². The van der Waals surface area contributed by atoms with Gasteiger partial charge in [0.25, 0.3) is 0 Å². The van der Waals surface area contributed by atoms with Gasteiger partial charge in [0.15, 0.2) is 6.10 Å². The van der Waals surface area contributed by atoms with E-state index in [2.05, 4.69) is 27.4 Å². The van der Waals surface area contributed by atoms with E-state index in [1.54, 1.807) is 19.9 Å². The van der Waals surface area contributed by atoms with Crippen LogP contribution in [0.25, 0.3) is 0 Å². The highest BCUT2D eigenvalue weighted by molar-refractivity contribution is 5.86. The zero-order valence-electron chi connectivity index (χ0n) is 20.2. The molecule has 3 rings (SSSR count). The molecule has 180 valence electrons. The number of aliphatic hydroxyl groups is 1. The van der Waals surface area contributed by atoms with Gasteiger partial charge in [0.2, 0.25) is 0 Å². The van der Waals surface area contributed by atoms with E-state index in [0.717, 1.165) is 19.3 Å². The number of Topliss-reactive ketones (excluding diaryl/α,β-unsaturated/α-hetero) is 1. The molecule has 0 amide bonds. The van der Waals surface area contributed by atoms with Gasteiger partial charge in [-0.2, -0.15) is 0 Å². The van der Waals surface area contributed by atoms with E-state index < -0.39 is 46.7 Å². The van der Waals surface area contributed by atoms with Crippen molar-refractivity contribution in [3.8, 4) is 0 Å². The highest BCUT2D eigenvalue weighted by Crippen LogP contribution is 2.65. The lowest BCUT2D eigenvalue weighted by atomic mass is 9.42. The number of rotatable bonds is 5. The summed E-state index contributed by atoms with van der Waals surface area (Å²) in [5.41, 5.74) is -2.91. The molecule has 7 nitrogen and oxygen atoms in total. The summed E-state index contributed by atoms with van der Waals surface area (Å²) in [6.45, 7) is 14.8. The Hall–Kier alpha value is -1.73. The summed E-state index contributed by atoms with van der Waals surface area (Å²) in [6, 6.07) is 0. The smallest absolute Gasteiger partial charge is 0.308 e. The first-order chi connectivity index (χ1) is 14.7. The number of hydrogen-bond acceptors (Lipinski definition) is 7. The Kier molecular flexibility index (Phi) is 6.42. The average Bonchev–Trinajstić information content (AvgIpc) is 2.63. The molecule has 1 N–H and O–H groups in total. The lowest BCUT2D eigenvalue weighted by Crippen LogP contribution is -2.76. The maximum atomic E-state index is 13.7. The normalized spacial score (nSPS) is 42.9. The van der Waals surface area contributed by atoms with Crippen LogP contribution in [0.1, 0.15) is 73.6 Å². The predicted molar refractivity (Wildman–Crippen MR) is 118 cm³/mol. The van der Waals surface area contributed by atoms with Crippen molar-refractivity contribution >= 4 is 17.7 Å². The number of ketones is 1. The largest absolute Gasteiger partial charge is 0.458 e. The lowest BCUT2D eigenvalue weighted by molar-refractivity contribution is -0.309. The Morgan fingerprint density at radius 2 is 1.84 bits per heavy atom. The van der Waals surface area contributed by atoms with E-state index in [1.807, 2.05) is 0 Å². The Bertz CT molecular complexity index is 804. The molecule has 7 heteroatoms. The van der Waals surface area contributed by atoms with Crippen LogP contribution in [0.2, 0.25) is 0 Å². The van der Waals surface area contributed by atoms with Crippen LogP contribution in [0.5, 0.6) is 0 Å². The third-order valence-electron chi connectivity index (χ3n) is 8.12. The molecule has 0 spiro atoms. The summed E-state index contributed by atoms with van der Waals surface area (Å²) in [5.74, 6) is -1.78. The average molecular weight is 451 g/mol. The first-order valence-electron chi connectivity index (χ1n) is 11.6. The van der Waals surface area contributed by atoms with Gasteiger partial charge in [0, 0.05) is 19.3 Å². The molecule has 3 aliphatic rings. The summed E-state index contributed by atoms with van der Waals surface area (Å²) >= 11 is 0. The van der Waals surface area contributed by atoms with Gasteiger partial charge in [0.1, 0.15) is 17.5 Å². The summed E-state index contributed by atoms with van der Waals surface area (Å²) in [6.07, 6.45) is 2.50. The van der Waals surface area contributed by atoms with Gasteiger partial charge in [-0.25, -0.2) is 0 Å². The van der Waals surface area contributed by atoms with E-state index >= 15 is 0 Å². The second kappa shape index (κ2) is 8.24. The van der Waals surface area contributed by atoms with Gasteiger partial charge < -0.3 is 19.3 Å². The second-order valence-electron chi connectivity index (χ2n) is 11.2. The SMILES string of the molecule is C=C[C@@]1(C)CC(=O)C2[C@@]3(C)CCCC(C)(C)C3[C@H](OC(=O)CCO)[C@H](OC(C)=O)[C@@]2(C)O1. The summed E-state index contributed by atoms with van der Waals surface area (Å²) < 4.78 is 18.4. The highest BCUT2D eigenvalue weighted by Gasteiger charge is 2.72. The van der Waals surface area contributed by atoms with Crippen molar-refractivity contribution in [3.63, 3.8) is 0 Å². The van der Waals surface area contributed by atoms with Crippen molar-refractivity contribution in [2.24, 2.45) is 22.7 Å². The van der Waals surface area contributed by atoms with E-state index in [0.29, 0.717) is 0 Å². The number of carbonyl (C=O) groups excluding carboxylic acids is 3. The molecule has 2 aliphatic carbocycles. The number of ether oxygens (including phenoxy) is 3. The monoisotopic (exact) mass is 450 g/mol. The molecule has 3 fully saturated rings. The Labute approximate surface area is 190 Å². The van der Waals surface area contributed by atoms with E-state index in [1.165, 1.54) is 6.92 Å². The second-order valence-corrected chi connectivity index (χ2v) is 11.2. The molecule has 2 unspecified atom stereocenters. The van der Waals surface area contributed by atoms with Gasteiger partial charge >= 0.3 is 11.9 Å². The molecule has 0 aromatic rings. The van der Waals surface area contributed by atoms with Crippen LogP contribution in [0.4, 0.5) is 0 Å². The molecule has 0 bridgehead atoms. The molecule has 0 aromatic carbocycles. The number of aliphatic hydroxyl groups excluding tert-OH is 1. The molecule has 2 saturated carbocycles. The number of esters is 2. The van der Waals surface area contributed by atoms with Crippen LogP contribution in [-0.4, -0.2) is 52.8 Å². The third-order valence-corrected chi connectivity index (χ3v) is 8.12. The summed E-state index contributed by atoms with van der Waals surface area (Å²) in [5, 5.41) is 9.27. The molecule has 1 saturated heterocycles. The van der Waals surface area contributed by atoms with Gasteiger partial charge in [-0.1, -0.05) is 33.3 Å². The molecular formula is C25H38O7. The summed E-state index contributed by atoms with van der Waals surface area (Å²) in [7, 11) is 0. The van der Waals surface area contributed by atoms with E-state index in [4.69, 9.17) is 14.2 Å². The van der Waals surface area contributed by atoms with Crippen LogP contribution >= 0.6 is 0 Å². The van der Waals surface area contributed by atoms with Crippen molar-refractivity contribution in [2.45, 2.75) is 97.1 Å². The third kappa shape index (κ3) is 3.92. The topological polar surface area (TPSA) is 99.1 Å². The Morgan fingerprint density at radius 3 is 2.41 bits per heavy atom. The molecule has 32 heavy (non-hydrogen) atoms. The lowest BCUT2D eigenvalue weighted by Gasteiger charge is -2.67. The molecule has 0 radical (unpaired) electrons. The van der Waals surface area contributed by atoms with Crippen molar-refractivity contribution in [1.82, 2.24) is 0 Å². The van der Waals surface area contributed by atoms with Crippen molar-refractivity contribution < 1.29 is 33.7 Å². The van der Waals surface area contributed by atoms with Gasteiger partial charge in [-0.3, -0.25) is 14.4 Å². The van der Waals surface area contributed by atoms with Crippen LogP contribution in [0.15, 0.2) is 12.7 Å². The van der Waals surface area contributed by atoms with Crippen LogP contribution in [-0.2, 0) is 28.6 Å². The molecule has 0 aromatic heterocycles. The fraction of sp³-hybridized carbons (Fsp3) is 0.800. The number of fused-ring (bicyclic) bond motifs is 3. The van der Waals surface area contributed by atoms with E-state index in [-0.39, 0.29) is 36.6 Å². The highest BCUT2D eigenvalue weighted by atomic mass is 16.6. The zero-order valence-corrected chi connectivity index (χ0v) is 20.2. The van der Waals surface area contributed by atoms with Crippen molar-refractivity contribution in [3.05, 3.63) is 12.7 Å². The van der Waals surface area contributed by atoms with Crippen molar-refractivity contribution in [2.75, 3.05) is 6.61 Å². The predicted octanol–water partition coefficient (Wildman–Crippen LogP) is 3.37. The molecule has 7 atom stereocenters. The van der Waals surface area contributed by atoms with E-state index in [9.17, 15) is 19.5 Å². The maximum absolute atomic E-state index is 13.7. The fourth-order valence-electron chi connectivity index (χ4n) is 7.29. The maximum Gasteiger partial charge on any atom is 0.308 e. The van der Waals surface area contributed by atoms with Crippen LogP contribution < -0.4 is 0 Å². The standard InChI is InChI=1S/C25H38O7/c1-8-23(5)14-16(28)19-24(6)12-9-11-22(3,4)20(24)18(31-17(29)10-13-26)21(30-15(2)27)25(19,7)32-23/h8,18-21,26H,1,9-14H2,2-7H3/t18-,19?,20?,21-,23-,24+,25-/m0/s1. The summed E-state index contributed by atoms with van der Waals surface area (Å²) in [4.78, 5) is 38.6. The molecular weight excluding hydrogens is 412 g/mol. The van der Waals surface area contributed by atoms with Crippen LogP contribution in [0, 0.1) is 22.7 Å². The number of carbonyl (C=O) groups is 3. The minimum atomic E-state index is -1.20. The number of hydrogen-bond donors (Lipinski definition) is 1. The van der Waals surface area contributed by atoms with Crippen LogP contribution in [0.3, 0.4) is 0 Å². The molecule has 1 aliphatic heterocycles. The first-order valence-corrected chi connectivity index (χ1v) is 11.6. The minimum Gasteiger partial charge on any atom is -0.458 e. The Morgan fingerprint density at radius 1 is 1.19 bits per heavy atom. The van der Waals surface area contributed by atoms with Gasteiger partial charge in [0.05, 0.1) is 24.5 Å². The fourth-order valence-corrected chi connectivity index (χ4v) is 7.29. The first kappa shape index (κ1) is 24.9. The zero-order chi connectivity index (χ0) is 24.1. The quantitative estimate of drug-likeness (QED) is 0.506. The molecule has 1 heterocycles. The minimum absolute atomic E-state index is 0.0589.